The molecule has 1 aliphatic heterocycles. The van der Waals surface area contributed by atoms with Crippen LogP contribution in [0.15, 0.2) is 24.3 Å². The Morgan fingerprint density at radius 1 is 1.42 bits per heavy atom. The maximum absolute atomic E-state index is 13.9. The first-order chi connectivity index (χ1) is 9.22. The standard InChI is InChI=1S/C15H21FN2O/c1-2-9-17-14(11-18-10-5-8-15(18)19)12-6-3-4-7-13(12)16/h3-4,6-7,14,17H,2,5,8-11H2,1H3. The molecule has 1 fully saturated rings. The van der Waals surface area contributed by atoms with Gasteiger partial charge in [-0.25, -0.2) is 4.39 Å². The summed E-state index contributed by atoms with van der Waals surface area (Å²) in [7, 11) is 0. The first kappa shape index (κ1) is 14.0. The van der Waals surface area contributed by atoms with E-state index >= 15 is 0 Å². The number of halogens is 1. The van der Waals surface area contributed by atoms with Crippen molar-refractivity contribution in [2.24, 2.45) is 0 Å². The molecular formula is C15H21FN2O. The summed E-state index contributed by atoms with van der Waals surface area (Å²) >= 11 is 0. The van der Waals surface area contributed by atoms with Gasteiger partial charge in [-0.05, 0) is 25.5 Å². The van der Waals surface area contributed by atoms with Crippen LogP contribution in [0.1, 0.15) is 37.8 Å². The topological polar surface area (TPSA) is 32.3 Å². The lowest BCUT2D eigenvalue weighted by Gasteiger charge is -2.25. The summed E-state index contributed by atoms with van der Waals surface area (Å²) in [5.41, 5.74) is 0.649. The van der Waals surface area contributed by atoms with Gasteiger partial charge < -0.3 is 10.2 Å². The van der Waals surface area contributed by atoms with Gasteiger partial charge in [-0.3, -0.25) is 4.79 Å². The van der Waals surface area contributed by atoms with E-state index in [4.69, 9.17) is 0 Å². The van der Waals surface area contributed by atoms with Gasteiger partial charge in [-0.15, -0.1) is 0 Å². The number of amides is 1. The molecule has 1 atom stereocenters. The summed E-state index contributed by atoms with van der Waals surface area (Å²) in [4.78, 5) is 13.5. The number of hydrogen-bond donors (Lipinski definition) is 1. The summed E-state index contributed by atoms with van der Waals surface area (Å²) in [5, 5.41) is 3.34. The van der Waals surface area contributed by atoms with Gasteiger partial charge in [-0.2, -0.15) is 0 Å². The average molecular weight is 264 g/mol. The number of benzene rings is 1. The Kier molecular flexibility index (Phi) is 4.91. The minimum Gasteiger partial charge on any atom is -0.341 e. The summed E-state index contributed by atoms with van der Waals surface area (Å²) < 4.78 is 13.9. The Bertz CT molecular complexity index is 436. The molecule has 0 aliphatic carbocycles. The molecule has 0 saturated carbocycles. The van der Waals surface area contributed by atoms with Crippen LogP contribution in [0.25, 0.3) is 0 Å². The molecule has 1 unspecified atom stereocenters. The summed E-state index contributed by atoms with van der Waals surface area (Å²) in [6, 6.07) is 6.68. The fraction of sp³-hybridized carbons (Fsp3) is 0.533. The highest BCUT2D eigenvalue weighted by Crippen LogP contribution is 2.20. The lowest BCUT2D eigenvalue weighted by Crippen LogP contribution is -2.36. The van der Waals surface area contributed by atoms with Crippen molar-refractivity contribution in [2.75, 3.05) is 19.6 Å². The van der Waals surface area contributed by atoms with Crippen LogP contribution in [0, 0.1) is 5.82 Å². The Morgan fingerprint density at radius 3 is 2.84 bits per heavy atom. The molecule has 1 aromatic rings. The largest absolute Gasteiger partial charge is 0.341 e. The van der Waals surface area contributed by atoms with Crippen molar-refractivity contribution >= 4 is 5.91 Å². The van der Waals surface area contributed by atoms with Gasteiger partial charge in [-0.1, -0.05) is 25.1 Å². The molecule has 3 nitrogen and oxygen atoms in total. The van der Waals surface area contributed by atoms with Crippen LogP contribution in [-0.4, -0.2) is 30.4 Å². The number of hydrogen-bond acceptors (Lipinski definition) is 2. The average Bonchev–Trinajstić information content (AvgIpc) is 2.81. The van der Waals surface area contributed by atoms with Crippen molar-refractivity contribution in [2.45, 2.75) is 32.2 Å². The first-order valence-corrected chi connectivity index (χ1v) is 6.98. The molecule has 104 valence electrons. The van der Waals surface area contributed by atoms with Crippen molar-refractivity contribution in [1.82, 2.24) is 10.2 Å². The zero-order chi connectivity index (χ0) is 13.7. The van der Waals surface area contributed by atoms with E-state index < -0.39 is 0 Å². The molecule has 2 rings (SSSR count). The van der Waals surface area contributed by atoms with Crippen molar-refractivity contribution in [1.29, 1.82) is 0 Å². The van der Waals surface area contributed by atoms with E-state index in [1.165, 1.54) is 6.07 Å². The molecule has 0 bridgehead atoms. The number of likely N-dealkylation sites (tertiary alicyclic amines) is 1. The number of carbonyl (C=O) groups excluding carboxylic acids is 1. The predicted molar refractivity (Wildman–Crippen MR) is 73.2 cm³/mol. The van der Waals surface area contributed by atoms with Gasteiger partial charge in [0.15, 0.2) is 0 Å². The van der Waals surface area contributed by atoms with Crippen molar-refractivity contribution < 1.29 is 9.18 Å². The Labute approximate surface area is 113 Å². The number of nitrogens with zero attached hydrogens (tertiary/aromatic N) is 1. The quantitative estimate of drug-likeness (QED) is 0.856. The third kappa shape index (κ3) is 3.53. The van der Waals surface area contributed by atoms with E-state index in [9.17, 15) is 9.18 Å². The van der Waals surface area contributed by atoms with Gasteiger partial charge in [0.1, 0.15) is 5.82 Å². The maximum Gasteiger partial charge on any atom is 0.222 e. The fourth-order valence-corrected chi connectivity index (χ4v) is 2.47. The van der Waals surface area contributed by atoms with E-state index in [2.05, 4.69) is 12.2 Å². The molecule has 1 saturated heterocycles. The molecule has 0 radical (unpaired) electrons. The van der Waals surface area contributed by atoms with Crippen molar-refractivity contribution in [3.05, 3.63) is 35.6 Å². The number of carbonyl (C=O) groups is 1. The van der Waals surface area contributed by atoms with Gasteiger partial charge in [0.2, 0.25) is 5.91 Å². The molecule has 1 heterocycles. The molecule has 0 spiro atoms. The lowest BCUT2D eigenvalue weighted by molar-refractivity contribution is -0.128. The zero-order valence-electron chi connectivity index (χ0n) is 11.4. The first-order valence-electron chi connectivity index (χ1n) is 6.98. The summed E-state index contributed by atoms with van der Waals surface area (Å²) in [6.07, 6.45) is 2.52. The van der Waals surface area contributed by atoms with Crippen LogP contribution in [0.5, 0.6) is 0 Å². The number of nitrogens with one attached hydrogen (secondary N) is 1. The third-order valence-electron chi connectivity index (χ3n) is 3.50. The second-order valence-electron chi connectivity index (χ2n) is 4.97. The van der Waals surface area contributed by atoms with Crippen molar-refractivity contribution in [3.63, 3.8) is 0 Å². The van der Waals surface area contributed by atoms with E-state index in [1.807, 2.05) is 11.0 Å². The second-order valence-corrected chi connectivity index (χ2v) is 4.97. The Hall–Kier alpha value is -1.42. The smallest absolute Gasteiger partial charge is 0.222 e. The highest BCUT2D eigenvalue weighted by atomic mass is 19.1. The summed E-state index contributed by atoms with van der Waals surface area (Å²) in [6.45, 7) is 4.24. The zero-order valence-corrected chi connectivity index (χ0v) is 11.4. The molecule has 1 aliphatic rings. The van der Waals surface area contributed by atoms with E-state index in [1.54, 1.807) is 12.1 Å². The molecule has 1 aromatic carbocycles. The van der Waals surface area contributed by atoms with Crippen molar-refractivity contribution in [3.8, 4) is 0 Å². The molecular weight excluding hydrogens is 243 g/mol. The monoisotopic (exact) mass is 264 g/mol. The van der Waals surface area contributed by atoms with Crippen LogP contribution in [0.2, 0.25) is 0 Å². The highest BCUT2D eigenvalue weighted by molar-refractivity contribution is 5.78. The fourth-order valence-electron chi connectivity index (χ4n) is 2.47. The molecule has 19 heavy (non-hydrogen) atoms. The maximum atomic E-state index is 13.9. The molecule has 4 heteroatoms. The lowest BCUT2D eigenvalue weighted by atomic mass is 10.1. The SMILES string of the molecule is CCCNC(CN1CCCC1=O)c1ccccc1F. The van der Waals surface area contributed by atoms with Crippen LogP contribution in [-0.2, 0) is 4.79 Å². The molecule has 1 N–H and O–H groups in total. The number of rotatable bonds is 6. The second kappa shape index (κ2) is 6.66. The summed E-state index contributed by atoms with van der Waals surface area (Å²) in [5.74, 6) is -0.0256. The highest BCUT2D eigenvalue weighted by Gasteiger charge is 2.25. The van der Waals surface area contributed by atoms with E-state index in [-0.39, 0.29) is 17.8 Å². The normalized spacial score (nSPS) is 16.9. The van der Waals surface area contributed by atoms with Gasteiger partial charge in [0, 0.05) is 25.1 Å². The Morgan fingerprint density at radius 2 is 2.21 bits per heavy atom. The van der Waals surface area contributed by atoms with Crippen LogP contribution in [0.3, 0.4) is 0 Å². The predicted octanol–water partition coefficient (Wildman–Crippen LogP) is 2.49. The van der Waals surface area contributed by atoms with Crippen LogP contribution >= 0.6 is 0 Å². The van der Waals surface area contributed by atoms with Crippen LogP contribution in [0.4, 0.5) is 4.39 Å². The molecule has 0 aromatic heterocycles. The Balaban J connectivity index is 2.11. The van der Waals surface area contributed by atoms with E-state index in [0.717, 1.165) is 25.9 Å². The molecule has 1 amide bonds. The minimum absolute atomic E-state index is 0.122. The van der Waals surface area contributed by atoms with Gasteiger partial charge in [0.25, 0.3) is 0 Å². The third-order valence-corrected chi connectivity index (χ3v) is 3.50. The van der Waals surface area contributed by atoms with Crippen LogP contribution < -0.4 is 5.32 Å². The van der Waals surface area contributed by atoms with Gasteiger partial charge in [0.05, 0.1) is 6.04 Å². The van der Waals surface area contributed by atoms with E-state index in [0.29, 0.717) is 18.5 Å². The minimum atomic E-state index is -0.206. The van der Waals surface area contributed by atoms with Gasteiger partial charge >= 0.3 is 0 Å².